The number of aromatic nitrogens is 4. The lowest BCUT2D eigenvalue weighted by atomic mass is 10.0. The predicted octanol–water partition coefficient (Wildman–Crippen LogP) is 5.57. The van der Waals surface area contributed by atoms with Crippen molar-refractivity contribution in [2.45, 2.75) is 32.7 Å². The average Bonchev–Trinajstić information content (AvgIpc) is 3.28. The SMILES string of the molecule is Cc1cc(F)cc(C)c1Nc1nccc(-c2c(-c3ccc(F)cc3)ncn2C2CCNCC2)n1. The first-order valence-corrected chi connectivity index (χ1v) is 11.4. The monoisotopic (exact) mass is 460 g/mol. The summed E-state index contributed by atoms with van der Waals surface area (Å²) < 4.78 is 29.5. The Labute approximate surface area is 197 Å². The van der Waals surface area contributed by atoms with E-state index in [0.717, 1.165) is 59.7 Å². The van der Waals surface area contributed by atoms with Crippen LogP contribution in [-0.4, -0.2) is 32.6 Å². The Bertz CT molecular complexity index is 1290. The molecule has 1 fully saturated rings. The lowest BCUT2D eigenvalue weighted by Gasteiger charge is -2.25. The van der Waals surface area contributed by atoms with Crippen LogP contribution in [0.15, 0.2) is 55.0 Å². The zero-order valence-electron chi connectivity index (χ0n) is 19.1. The van der Waals surface area contributed by atoms with E-state index in [-0.39, 0.29) is 17.7 Å². The number of hydrogen-bond acceptors (Lipinski definition) is 5. The second-order valence-electron chi connectivity index (χ2n) is 8.64. The molecule has 0 radical (unpaired) electrons. The van der Waals surface area contributed by atoms with E-state index in [4.69, 9.17) is 9.97 Å². The van der Waals surface area contributed by atoms with E-state index >= 15 is 0 Å². The van der Waals surface area contributed by atoms with Gasteiger partial charge in [0.1, 0.15) is 11.6 Å². The minimum Gasteiger partial charge on any atom is -0.326 e. The van der Waals surface area contributed by atoms with Gasteiger partial charge in [-0.15, -0.1) is 0 Å². The number of halogens is 2. The molecule has 1 aliphatic rings. The van der Waals surface area contributed by atoms with Gasteiger partial charge < -0.3 is 15.2 Å². The molecule has 8 heteroatoms. The Morgan fingerprint density at radius 3 is 2.35 bits per heavy atom. The van der Waals surface area contributed by atoms with E-state index in [9.17, 15) is 8.78 Å². The van der Waals surface area contributed by atoms with Crippen LogP contribution < -0.4 is 10.6 Å². The highest BCUT2D eigenvalue weighted by Gasteiger charge is 2.23. The van der Waals surface area contributed by atoms with Gasteiger partial charge in [-0.25, -0.2) is 23.7 Å². The Hall–Kier alpha value is -3.65. The van der Waals surface area contributed by atoms with Crippen LogP contribution in [-0.2, 0) is 0 Å². The van der Waals surface area contributed by atoms with Gasteiger partial charge in [-0.1, -0.05) is 0 Å². The summed E-state index contributed by atoms with van der Waals surface area (Å²) in [5.74, 6) is -0.148. The Morgan fingerprint density at radius 2 is 1.65 bits per heavy atom. The molecule has 2 aromatic carbocycles. The molecule has 4 aromatic rings. The zero-order chi connectivity index (χ0) is 23.7. The van der Waals surface area contributed by atoms with Crippen LogP contribution in [0.5, 0.6) is 0 Å². The zero-order valence-corrected chi connectivity index (χ0v) is 19.1. The second kappa shape index (κ2) is 9.30. The van der Waals surface area contributed by atoms with Crippen molar-refractivity contribution in [3.8, 4) is 22.6 Å². The lowest BCUT2D eigenvalue weighted by Crippen LogP contribution is -2.29. The van der Waals surface area contributed by atoms with Gasteiger partial charge in [0.25, 0.3) is 0 Å². The topological polar surface area (TPSA) is 67.7 Å². The summed E-state index contributed by atoms with van der Waals surface area (Å²) in [7, 11) is 0. The number of piperidine rings is 1. The molecule has 1 saturated heterocycles. The minimum absolute atomic E-state index is 0.273. The second-order valence-corrected chi connectivity index (χ2v) is 8.64. The third-order valence-electron chi connectivity index (χ3n) is 6.25. The van der Waals surface area contributed by atoms with Gasteiger partial charge in [-0.2, -0.15) is 0 Å². The number of hydrogen-bond donors (Lipinski definition) is 2. The van der Waals surface area contributed by atoms with Crippen molar-refractivity contribution in [2.75, 3.05) is 18.4 Å². The van der Waals surface area contributed by atoms with E-state index < -0.39 is 0 Å². The number of nitrogens with zero attached hydrogens (tertiary/aromatic N) is 4. The molecule has 0 atom stereocenters. The number of imidazole rings is 1. The first-order valence-electron chi connectivity index (χ1n) is 11.4. The fourth-order valence-electron chi connectivity index (χ4n) is 4.57. The Morgan fingerprint density at radius 1 is 0.941 bits per heavy atom. The third kappa shape index (κ3) is 4.41. The van der Waals surface area contributed by atoms with Crippen molar-refractivity contribution < 1.29 is 8.78 Å². The third-order valence-corrected chi connectivity index (χ3v) is 6.25. The summed E-state index contributed by atoms with van der Waals surface area (Å²) in [6, 6.07) is 11.5. The summed E-state index contributed by atoms with van der Waals surface area (Å²) in [6.45, 7) is 5.57. The van der Waals surface area contributed by atoms with Crippen molar-refractivity contribution >= 4 is 11.6 Å². The molecule has 0 unspecified atom stereocenters. The van der Waals surface area contributed by atoms with Gasteiger partial charge in [-0.3, -0.25) is 0 Å². The van der Waals surface area contributed by atoms with Crippen molar-refractivity contribution in [1.82, 2.24) is 24.8 Å². The fraction of sp³-hybridized carbons (Fsp3) is 0.269. The predicted molar refractivity (Wildman–Crippen MR) is 129 cm³/mol. The maximum absolute atomic E-state index is 13.8. The Balaban J connectivity index is 1.58. The largest absolute Gasteiger partial charge is 0.326 e. The number of nitrogens with one attached hydrogen (secondary N) is 2. The average molecular weight is 461 g/mol. The fourth-order valence-corrected chi connectivity index (χ4v) is 4.57. The van der Waals surface area contributed by atoms with Crippen LogP contribution in [0.4, 0.5) is 20.4 Å². The van der Waals surface area contributed by atoms with Crippen molar-refractivity contribution in [3.05, 3.63) is 77.8 Å². The molecule has 174 valence electrons. The van der Waals surface area contributed by atoms with Crippen molar-refractivity contribution in [1.29, 1.82) is 0 Å². The minimum atomic E-state index is -0.290. The molecular weight excluding hydrogens is 434 g/mol. The molecule has 2 aromatic heterocycles. The van der Waals surface area contributed by atoms with Crippen LogP contribution in [0.2, 0.25) is 0 Å². The van der Waals surface area contributed by atoms with E-state index in [1.165, 1.54) is 24.3 Å². The van der Waals surface area contributed by atoms with Crippen LogP contribution >= 0.6 is 0 Å². The molecule has 1 aliphatic heterocycles. The standard InChI is InChI=1S/C26H26F2N6/c1-16-13-20(28)14-17(2)23(16)33-26-30-12-9-22(32-26)25-24(18-3-5-19(27)6-4-18)31-15-34(25)21-7-10-29-11-8-21/h3-6,9,12-15,21,29H,7-8,10-11H2,1-2H3,(H,30,32,33). The maximum Gasteiger partial charge on any atom is 0.227 e. The molecule has 0 aliphatic carbocycles. The van der Waals surface area contributed by atoms with Gasteiger partial charge >= 0.3 is 0 Å². The first kappa shape index (κ1) is 22.2. The van der Waals surface area contributed by atoms with Gasteiger partial charge in [-0.05, 0) is 93.4 Å². The highest BCUT2D eigenvalue weighted by atomic mass is 19.1. The van der Waals surface area contributed by atoms with Crippen LogP contribution in [0.25, 0.3) is 22.6 Å². The molecule has 34 heavy (non-hydrogen) atoms. The van der Waals surface area contributed by atoms with E-state index in [0.29, 0.717) is 11.6 Å². The Kier molecular flexibility index (Phi) is 6.06. The maximum atomic E-state index is 13.8. The number of benzene rings is 2. The number of aryl methyl sites for hydroxylation is 2. The number of anilines is 2. The quantitative estimate of drug-likeness (QED) is 0.408. The van der Waals surface area contributed by atoms with Gasteiger partial charge in [0.05, 0.1) is 23.4 Å². The molecular formula is C26H26F2N6. The molecule has 0 saturated carbocycles. The van der Waals surface area contributed by atoms with Gasteiger partial charge in [0.15, 0.2) is 0 Å². The van der Waals surface area contributed by atoms with Crippen LogP contribution in [0, 0.1) is 25.5 Å². The molecule has 0 amide bonds. The van der Waals surface area contributed by atoms with Gasteiger partial charge in [0, 0.05) is 23.5 Å². The molecule has 0 bridgehead atoms. The summed E-state index contributed by atoms with van der Waals surface area (Å²) in [4.78, 5) is 13.9. The molecule has 0 spiro atoms. The summed E-state index contributed by atoms with van der Waals surface area (Å²) in [5.41, 5.74) is 5.49. The van der Waals surface area contributed by atoms with Crippen LogP contribution in [0.3, 0.4) is 0 Å². The van der Waals surface area contributed by atoms with E-state index in [2.05, 4.69) is 20.2 Å². The van der Waals surface area contributed by atoms with Crippen molar-refractivity contribution in [2.24, 2.45) is 0 Å². The molecule has 3 heterocycles. The van der Waals surface area contributed by atoms with E-state index in [1.54, 1.807) is 18.3 Å². The molecule has 5 rings (SSSR count). The van der Waals surface area contributed by atoms with E-state index in [1.807, 2.05) is 26.2 Å². The summed E-state index contributed by atoms with van der Waals surface area (Å²) in [6.07, 6.45) is 5.52. The number of rotatable bonds is 5. The van der Waals surface area contributed by atoms with Crippen molar-refractivity contribution in [3.63, 3.8) is 0 Å². The highest BCUT2D eigenvalue weighted by molar-refractivity contribution is 5.77. The smallest absolute Gasteiger partial charge is 0.227 e. The highest BCUT2D eigenvalue weighted by Crippen LogP contribution is 2.35. The summed E-state index contributed by atoms with van der Waals surface area (Å²) in [5, 5.41) is 6.66. The summed E-state index contributed by atoms with van der Waals surface area (Å²) >= 11 is 0. The van der Waals surface area contributed by atoms with Gasteiger partial charge in [0.2, 0.25) is 5.95 Å². The lowest BCUT2D eigenvalue weighted by molar-refractivity contribution is 0.370. The molecule has 6 nitrogen and oxygen atoms in total. The normalized spacial score (nSPS) is 14.4. The first-order chi connectivity index (χ1) is 16.5. The molecule has 2 N–H and O–H groups in total. The van der Waals surface area contributed by atoms with Crippen LogP contribution in [0.1, 0.15) is 30.0 Å².